The fourth-order valence-corrected chi connectivity index (χ4v) is 0.922. The highest BCUT2D eigenvalue weighted by Gasteiger charge is 2.11. The van der Waals surface area contributed by atoms with Crippen LogP contribution in [-0.4, -0.2) is 12.1 Å². The Morgan fingerprint density at radius 3 is 2.31 bits per heavy atom. The number of ether oxygens (including phenoxy) is 1. The summed E-state index contributed by atoms with van der Waals surface area (Å²) in [6, 6.07) is 0. The number of hydrogen-bond acceptors (Lipinski definition) is 2. The van der Waals surface area contributed by atoms with Crippen molar-refractivity contribution >= 4 is 5.97 Å². The van der Waals surface area contributed by atoms with Gasteiger partial charge in [0.25, 0.3) is 0 Å². The molecule has 0 fully saturated rings. The molecule has 0 aliphatic rings. The summed E-state index contributed by atoms with van der Waals surface area (Å²) in [6.45, 7) is 8.19. The molecule has 2 nitrogen and oxygen atoms in total. The maximum Gasteiger partial charge on any atom is 0.306 e. The van der Waals surface area contributed by atoms with Gasteiger partial charge in [0.1, 0.15) is 6.10 Å². The van der Waals surface area contributed by atoms with Crippen LogP contribution in [0, 0.1) is 5.92 Å². The first kappa shape index (κ1) is 12.5. The summed E-state index contributed by atoms with van der Waals surface area (Å²) in [6.07, 6.45) is 3.84. The third-order valence-electron chi connectivity index (χ3n) is 2.24. The molecule has 0 unspecified atom stereocenters. The molecule has 13 heavy (non-hydrogen) atoms. The first-order valence-electron chi connectivity index (χ1n) is 5.27. The molecule has 0 aliphatic carbocycles. The van der Waals surface area contributed by atoms with E-state index in [1.807, 2.05) is 6.92 Å². The molecule has 0 aromatic heterocycles. The first-order valence-corrected chi connectivity index (χ1v) is 5.27. The van der Waals surface area contributed by atoms with E-state index in [0.717, 1.165) is 19.3 Å². The lowest BCUT2D eigenvalue weighted by molar-refractivity contribution is -0.150. The zero-order valence-corrected chi connectivity index (χ0v) is 9.30. The highest BCUT2D eigenvalue weighted by atomic mass is 16.5. The predicted molar refractivity (Wildman–Crippen MR) is 54.5 cm³/mol. The fourth-order valence-electron chi connectivity index (χ4n) is 0.922. The van der Waals surface area contributed by atoms with Crippen LogP contribution in [0.5, 0.6) is 0 Å². The van der Waals surface area contributed by atoms with Gasteiger partial charge < -0.3 is 4.74 Å². The van der Waals surface area contributed by atoms with E-state index >= 15 is 0 Å². The zero-order valence-electron chi connectivity index (χ0n) is 9.30. The van der Waals surface area contributed by atoms with Crippen molar-refractivity contribution in [1.29, 1.82) is 0 Å². The molecular formula is C11H22O2. The molecule has 0 N–H and O–H groups in total. The van der Waals surface area contributed by atoms with Crippen molar-refractivity contribution in [2.45, 2.75) is 59.5 Å². The van der Waals surface area contributed by atoms with Crippen LogP contribution in [0.4, 0.5) is 0 Å². The molecule has 0 rings (SSSR count). The Morgan fingerprint density at radius 1 is 1.23 bits per heavy atom. The normalized spacial score (nSPS) is 13.0. The van der Waals surface area contributed by atoms with Gasteiger partial charge in [0, 0.05) is 6.42 Å². The second-order valence-electron chi connectivity index (χ2n) is 3.90. The van der Waals surface area contributed by atoms with Gasteiger partial charge in [-0.25, -0.2) is 0 Å². The van der Waals surface area contributed by atoms with Gasteiger partial charge in [0.05, 0.1) is 0 Å². The van der Waals surface area contributed by atoms with Gasteiger partial charge in [-0.05, 0) is 19.3 Å². The first-order chi connectivity index (χ1) is 6.07. The maximum absolute atomic E-state index is 11.2. The molecule has 1 atom stereocenters. The minimum absolute atomic E-state index is 0.0466. The number of unbranched alkanes of at least 4 members (excludes halogenated alkanes) is 2. The van der Waals surface area contributed by atoms with E-state index in [9.17, 15) is 4.79 Å². The van der Waals surface area contributed by atoms with Gasteiger partial charge in [-0.1, -0.05) is 33.6 Å². The van der Waals surface area contributed by atoms with E-state index in [-0.39, 0.29) is 12.1 Å². The third-order valence-corrected chi connectivity index (χ3v) is 2.24. The molecule has 0 radical (unpaired) electrons. The average molecular weight is 186 g/mol. The van der Waals surface area contributed by atoms with Crippen LogP contribution in [-0.2, 0) is 9.53 Å². The van der Waals surface area contributed by atoms with Crippen LogP contribution in [0.15, 0.2) is 0 Å². The summed E-state index contributed by atoms with van der Waals surface area (Å²) < 4.78 is 5.22. The van der Waals surface area contributed by atoms with Crippen molar-refractivity contribution in [3.05, 3.63) is 0 Å². The quantitative estimate of drug-likeness (QED) is 0.470. The van der Waals surface area contributed by atoms with Crippen LogP contribution in [0.3, 0.4) is 0 Å². The number of carbonyl (C=O) groups is 1. The van der Waals surface area contributed by atoms with Crippen molar-refractivity contribution in [3.63, 3.8) is 0 Å². The summed E-state index contributed by atoms with van der Waals surface area (Å²) in [5.41, 5.74) is 0. The Kier molecular flexibility index (Phi) is 6.65. The molecule has 0 aliphatic heterocycles. The number of carbonyl (C=O) groups excluding carboxylic acids is 1. The molecule has 0 heterocycles. The van der Waals surface area contributed by atoms with Crippen LogP contribution in [0.2, 0.25) is 0 Å². The number of hydrogen-bond donors (Lipinski definition) is 0. The fraction of sp³-hybridized carbons (Fsp3) is 0.909. The van der Waals surface area contributed by atoms with Crippen molar-refractivity contribution in [2.24, 2.45) is 5.92 Å². The minimum atomic E-state index is -0.0466. The predicted octanol–water partition coefficient (Wildman–Crippen LogP) is 3.15. The third kappa shape index (κ3) is 6.62. The van der Waals surface area contributed by atoms with Gasteiger partial charge in [0.2, 0.25) is 0 Å². The topological polar surface area (TPSA) is 26.3 Å². The van der Waals surface area contributed by atoms with Crippen molar-refractivity contribution in [1.82, 2.24) is 0 Å². The SMILES string of the molecule is CCCCCC(=O)O[C@@H](C)C(C)C. The van der Waals surface area contributed by atoms with Gasteiger partial charge in [-0.2, -0.15) is 0 Å². The molecule has 0 saturated heterocycles. The average Bonchev–Trinajstić information content (AvgIpc) is 2.04. The Morgan fingerprint density at radius 2 is 1.85 bits per heavy atom. The van der Waals surface area contributed by atoms with E-state index in [1.54, 1.807) is 0 Å². The van der Waals surface area contributed by atoms with Crippen LogP contribution in [0.1, 0.15) is 53.4 Å². The molecule has 2 heteroatoms. The van der Waals surface area contributed by atoms with Crippen molar-refractivity contribution in [2.75, 3.05) is 0 Å². The van der Waals surface area contributed by atoms with Gasteiger partial charge >= 0.3 is 5.97 Å². The van der Waals surface area contributed by atoms with Crippen molar-refractivity contribution in [3.8, 4) is 0 Å². The van der Waals surface area contributed by atoms with Crippen LogP contribution in [0.25, 0.3) is 0 Å². The lowest BCUT2D eigenvalue weighted by Crippen LogP contribution is -2.19. The summed E-state index contributed by atoms with van der Waals surface area (Å²) in [5.74, 6) is 0.366. The Bertz CT molecular complexity index is 141. The van der Waals surface area contributed by atoms with E-state index in [2.05, 4.69) is 20.8 Å². The molecular weight excluding hydrogens is 164 g/mol. The standard InChI is InChI=1S/C11H22O2/c1-5-6-7-8-11(12)13-10(4)9(2)3/h9-10H,5-8H2,1-4H3/t10-/m0/s1. The molecule has 0 aromatic rings. The van der Waals surface area contributed by atoms with Crippen LogP contribution < -0.4 is 0 Å². The molecule has 0 aromatic carbocycles. The monoisotopic (exact) mass is 186 g/mol. The summed E-state index contributed by atoms with van der Waals surface area (Å²) in [5, 5.41) is 0. The molecule has 78 valence electrons. The summed E-state index contributed by atoms with van der Waals surface area (Å²) in [4.78, 5) is 11.2. The number of esters is 1. The summed E-state index contributed by atoms with van der Waals surface area (Å²) in [7, 11) is 0. The van der Waals surface area contributed by atoms with Gasteiger partial charge in [-0.15, -0.1) is 0 Å². The highest BCUT2D eigenvalue weighted by molar-refractivity contribution is 5.69. The Labute approximate surface area is 81.7 Å². The van der Waals surface area contributed by atoms with Crippen LogP contribution >= 0.6 is 0 Å². The molecule has 0 amide bonds. The Hall–Kier alpha value is -0.530. The van der Waals surface area contributed by atoms with Gasteiger partial charge in [-0.3, -0.25) is 4.79 Å². The molecule has 0 saturated carbocycles. The van der Waals surface area contributed by atoms with E-state index in [4.69, 9.17) is 4.74 Å². The van der Waals surface area contributed by atoms with E-state index < -0.39 is 0 Å². The molecule has 0 spiro atoms. The maximum atomic E-state index is 11.2. The second-order valence-corrected chi connectivity index (χ2v) is 3.90. The number of rotatable bonds is 6. The van der Waals surface area contributed by atoms with E-state index in [0.29, 0.717) is 12.3 Å². The van der Waals surface area contributed by atoms with Gasteiger partial charge in [0.15, 0.2) is 0 Å². The second kappa shape index (κ2) is 6.93. The lowest BCUT2D eigenvalue weighted by Gasteiger charge is -2.16. The summed E-state index contributed by atoms with van der Waals surface area (Å²) >= 11 is 0. The smallest absolute Gasteiger partial charge is 0.306 e. The zero-order chi connectivity index (χ0) is 10.3. The Balaban J connectivity index is 3.50. The highest BCUT2D eigenvalue weighted by Crippen LogP contribution is 2.08. The minimum Gasteiger partial charge on any atom is -0.462 e. The lowest BCUT2D eigenvalue weighted by atomic mass is 10.1. The van der Waals surface area contributed by atoms with Crippen molar-refractivity contribution < 1.29 is 9.53 Å². The van der Waals surface area contributed by atoms with E-state index in [1.165, 1.54) is 0 Å². The molecule has 0 bridgehead atoms. The largest absolute Gasteiger partial charge is 0.462 e.